The topological polar surface area (TPSA) is 62.1 Å². The first-order chi connectivity index (χ1) is 13.1. The van der Waals surface area contributed by atoms with Crippen molar-refractivity contribution in [2.45, 2.75) is 84.6 Å². The van der Waals surface area contributed by atoms with E-state index in [1.165, 1.54) is 12.8 Å². The first-order valence-electron chi connectivity index (χ1n) is 10.4. The Bertz CT molecular complexity index is 772. The van der Waals surface area contributed by atoms with Crippen molar-refractivity contribution >= 4 is 11.0 Å². The van der Waals surface area contributed by atoms with Gasteiger partial charge in [-0.3, -0.25) is 0 Å². The van der Waals surface area contributed by atoms with Gasteiger partial charge in [-0.05, 0) is 62.3 Å². The zero-order chi connectivity index (χ0) is 20.7. The van der Waals surface area contributed by atoms with E-state index >= 15 is 0 Å². The van der Waals surface area contributed by atoms with E-state index in [1.807, 2.05) is 25.1 Å². The Hall–Kier alpha value is -1.38. The number of hydrogen-bond acceptors (Lipinski definition) is 3. The maximum absolute atomic E-state index is 13.0. The van der Waals surface area contributed by atoms with Gasteiger partial charge in [-0.2, -0.15) is 5.26 Å². The van der Waals surface area contributed by atoms with Crippen molar-refractivity contribution in [1.29, 1.82) is 5.26 Å². The Morgan fingerprint density at radius 1 is 1.14 bits per heavy atom. The van der Waals surface area contributed by atoms with Gasteiger partial charge in [0.15, 0.2) is 0 Å². The summed E-state index contributed by atoms with van der Waals surface area (Å²) in [5, 5.41) is 9.39. The molecule has 154 valence electrons. The summed E-state index contributed by atoms with van der Waals surface area (Å²) in [4.78, 5) is 0. The molecule has 4 nitrogen and oxygen atoms in total. The van der Waals surface area contributed by atoms with E-state index in [1.54, 1.807) is 0 Å². The second-order valence-electron chi connectivity index (χ2n) is 9.96. The average molecular weight is 403 g/mol. The van der Waals surface area contributed by atoms with Gasteiger partial charge in [0.1, 0.15) is 11.9 Å². The van der Waals surface area contributed by atoms with E-state index < -0.39 is 11.0 Å². The normalized spacial score (nSPS) is 32.0. The molecular formula is C23H34N2O2S. The van der Waals surface area contributed by atoms with Crippen LogP contribution in [-0.2, 0) is 11.0 Å². The van der Waals surface area contributed by atoms with E-state index in [9.17, 15) is 4.21 Å². The lowest BCUT2D eigenvalue weighted by Gasteiger charge is -2.63. The van der Waals surface area contributed by atoms with Gasteiger partial charge < -0.3 is 4.74 Å². The van der Waals surface area contributed by atoms with E-state index in [0.717, 1.165) is 30.1 Å². The minimum absolute atomic E-state index is 0.00761. The van der Waals surface area contributed by atoms with Crippen LogP contribution in [0.25, 0.3) is 0 Å². The predicted octanol–water partition coefficient (Wildman–Crippen LogP) is 4.88. The third-order valence-corrected chi connectivity index (χ3v) is 8.46. The fourth-order valence-electron chi connectivity index (χ4n) is 5.36. The summed E-state index contributed by atoms with van der Waals surface area (Å²) in [7, 11) is -1.00. The number of ether oxygens (including phenoxy) is 1. The molecule has 0 aromatic heterocycles. The van der Waals surface area contributed by atoms with Crippen LogP contribution in [-0.4, -0.2) is 21.6 Å². The number of rotatable bonds is 5. The maximum Gasteiger partial charge on any atom is 0.120 e. The molecule has 2 aliphatic rings. The smallest absolute Gasteiger partial charge is 0.120 e. The fraction of sp³-hybridized carbons (Fsp3) is 0.696. The molecule has 0 spiro atoms. The zero-order valence-electron chi connectivity index (χ0n) is 18.0. The molecule has 0 aliphatic heterocycles. The average Bonchev–Trinajstić information content (AvgIpc) is 2.64. The van der Waals surface area contributed by atoms with Gasteiger partial charge in [0.25, 0.3) is 0 Å². The molecule has 2 aliphatic carbocycles. The minimum Gasteiger partial charge on any atom is -0.489 e. The highest BCUT2D eigenvalue weighted by Crippen LogP contribution is 2.55. The molecule has 5 heteroatoms. The summed E-state index contributed by atoms with van der Waals surface area (Å²) >= 11 is 0. The van der Waals surface area contributed by atoms with Crippen molar-refractivity contribution in [1.82, 2.24) is 4.72 Å². The Balaban J connectivity index is 1.69. The van der Waals surface area contributed by atoms with E-state index in [4.69, 9.17) is 10.00 Å². The number of nitriles is 1. The van der Waals surface area contributed by atoms with Gasteiger partial charge >= 0.3 is 0 Å². The molecule has 1 atom stereocenters. The second-order valence-corrected chi connectivity index (χ2v) is 11.5. The molecule has 0 heterocycles. The molecule has 0 amide bonds. The summed E-state index contributed by atoms with van der Waals surface area (Å²) in [6, 6.07) is 7.96. The summed E-state index contributed by atoms with van der Waals surface area (Å²) in [6.45, 7) is 13.0. The Labute approximate surface area is 172 Å². The van der Waals surface area contributed by atoms with Crippen molar-refractivity contribution in [2.24, 2.45) is 16.7 Å². The lowest BCUT2D eigenvalue weighted by molar-refractivity contribution is -0.160. The molecule has 28 heavy (non-hydrogen) atoms. The first kappa shape index (κ1) is 21.3. The van der Waals surface area contributed by atoms with Gasteiger partial charge in [-0.25, -0.2) is 8.93 Å². The lowest BCUT2D eigenvalue weighted by Crippen LogP contribution is -2.74. The van der Waals surface area contributed by atoms with Crippen LogP contribution in [0.4, 0.5) is 0 Å². The molecule has 1 aromatic carbocycles. The first-order valence-corrected chi connectivity index (χ1v) is 11.6. The lowest BCUT2D eigenvalue weighted by atomic mass is 9.50. The molecule has 1 aromatic rings. The second kappa shape index (κ2) is 7.80. The van der Waals surface area contributed by atoms with Gasteiger partial charge in [-0.15, -0.1) is 0 Å². The third-order valence-electron chi connectivity index (χ3n) is 6.91. The summed E-state index contributed by atoms with van der Waals surface area (Å²) in [5.41, 5.74) is 1.33. The van der Waals surface area contributed by atoms with Gasteiger partial charge in [0.2, 0.25) is 0 Å². The summed E-state index contributed by atoms with van der Waals surface area (Å²) in [5.74, 6) is 1.56. The molecule has 1 N–H and O–H groups in total. The zero-order valence-corrected chi connectivity index (χ0v) is 18.9. The Morgan fingerprint density at radius 3 is 2.29 bits per heavy atom. The molecule has 2 saturated carbocycles. The summed E-state index contributed by atoms with van der Waals surface area (Å²) in [6.07, 6.45) is 4.48. The molecule has 0 saturated heterocycles. The molecule has 0 radical (unpaired) electrons. The van der Waals surface area contributed by atoms with Gasteiger partial charge in [0.05, 0.1) is 22.6 Å². The van der Waals surface area contributed by atoms with Crippen LogP contribution in [0.15, 0.2) is 18.2 Å². The highest BCUT2D eigenvalue weighted by atomic mass is 32.2. The van der Waals surface area contributed by atoms with Crippen molar-refractivity contribution in [3.63, 3.8) is 0 Å². The van der Waals surface area contributed by atoms with E-state index in [0.29, 0.717) is 5.56 Å². The quantitative estimate of drug-likeness (QED) is 0.763. The Kier molecular flexibility index (Phi) is 5.94. The van der Waals surface area contributed by atoms with Crippen molar-refractivity contribution < 1.29 is 8.95 Å². The third kappa shape index (κ3) is 3.86. The van der Waals surface area contributed by atoms with Crippen molar-refractivity contribution in [3.05, 3.63) is 29.3 Å². The van der Waals surface area contributed by atoms with Gasteiger partial charge in [-0.1, -0.05) is 34.6 Å². The molecule has 2 fully saturated rings. The number of aryl methyl sites for hydroxylation is 1. The van der Waals surface area contributed by atoms with Crippen LogP contribution in [0.2, 0.25) is 0 Å². The van der Waals surface area contributed by atoms with Gasteiger partial charge in [0, 0.05) is 22.1 Å². The van der Waals surface area contributed by atoms with E-state index in [-0.39, 0.29) is 28.2 Å². The van der Waals surface area contributed by atoms with Crippen LogP contribution < -0.4 is 9.46 Å². The van der Waals surface area contributed by atoms with Crippen molar-refractivity contribution in [3.8, 4) is 11.8 Å². The highest BCUT2D eigenvalue weighted by molar-refractivity contribution is 7.83. The van der Waals surface area contributed by atoms with E-state index in [2.05, 4.69) is 45.4 Å². The molecular weight excluding hydrogens is 368 g/mol. The molecule has 1 unspecified atom stereocenters. The number of hydrogen-bond donors (Lipinski definition) is 1. The largest absolute Gasteiger partial charge is 0.489 e. The van der Waals surface area contributed by atoms with Crippen LogP contribution in [0.3, 0.4) is 0 Å². The molecule has 0 bridgehead atoms. The van der Waals surface area contributed by atoms with Crippen LogP contribution in [0, 0.1) is 35.0 Å². The van der Waals surface area contributed by atoms with Crippen LogP contribution in [0.1, 0.15) is 71.4 Å². The summed E-state index contributed by atoms with van der Waals surface area (Å²) < 4.78 is 22.9. The predicted molar refractivity (Wildman–Crippen MR) is 114 cm³/mol. The maximum atomic E-state index is 13.0. The Morgan fingerprint density at radius 2 is 1.75 bits per heavy atom. The monoisotopic (exact) mass is 402 g/mol. The number of nitrogens with zero attached hydrogens (tertiary/aromatic N) is 1. The highest BCUT2D eigenvalue weighted by Gasteiger charge is 2.64. The van der Waals surface area contributed by atoms with Crippen molar-refractivity contribution in [2.75, 3.05) is 0 Å². The number of benzene rings is 1. The fourth-order valence-corrected chi connectivity index (χ4v) is 7.09. The number of nitrogens with one attached hydrogen (secondary N) is 1. The van der Waals surface area contributed by atoms with Crippen LogP contribution >= 0.6 is 0 Å². The standard InChI is InChI=1S/C23H34N2O2S/c1-15-7-11-19(12-8-15)28(26)25-20-22(3,4)21(23(20,5)6)27-18-10-9-17(14-24)16(2)13-18/h9-10,13,15,19-21,25H,7-8,11-12H2,1-6H3. The minimum atomic E-state index is -1.00. The van der Waals surface area contributed by atoms with Crippen LogP contribution in [0.5, 0.6) is 5.75 Å². The molecule has 3 rings (SSSR count). The SMILES string of the molecule is Cc1cc(OC2C(C)(C)C(NS(=O)C3CCC(C)CC3)C2(C)C)ccc1C#N.